The van der Waals surface area contributed by atoms with Crippen LogP contribution in [-0.2, 0) is 20.0 Å². The second-order valence-corrected chi connectivity index (χ2v) is 9.83. The van der Waals surface area contributed by atoms with Crippen LogP contribution in [0.5, 0.6) is 5.75 Å². The van der Waals surface area contributed by atoms with Gasteiger partial charge in [-0.05, 0) is 69.3 Å². The molecule has 0 saturated carbocycles. The summed E-state index contributed by atoms with van der Waals surface area (Å²) in [5.74, 6) is 0.584. The summed E-state index contributed by atoms with van der Waals surface area (Å²) in [7, 11) is -5.90. The monoisotopic (exact) mass is 412 g/mol. The minimum atomic E-state index is -3.79. The zero-order valence-electron chi connectivity index (χ0n) is 15.7. The van der Waals surface area contributed by atoms with Gasteiger partial charge >= 0.3 is 0 Å². The van der Waals surface area contributed by atoms with Gasteiger partial charge < -0.3 is 4.74 Å². The molecule has 9 heteroatoms. The van der Waals surface area contributed by atoms with Crippen molar-refractivity contribution in [1.82, 2.24) is 4.31 Å². The SMILES string of the molecule is CCOc1ccc(S(=O)(=O)Nc2ccc(S(=O)(=O)N(C)C(C)C)cc2)cc1. The molecule has 0 amide bonds. The quantitative estimate of drug-likeness (QED) is 0.720. The number of nitrogens with zero attached hydrogens (tertiary/aromatic N) is 1. The van der Waals surface area contributed by atoms with E-state index in [0.29, 0.717) is 12.4 Å². The van der Waals surface area contributed by atoms with Crippen molar-refractivity contribution >= 4 is 25.7 Å². The van der Waals surface area contributed by atoms with Crippen LogP contribution in [0, 0.1) is 0 Å². The van der Waals surface area contributed by atoms with Crippen LogP contribution in [0.3, 0.4) is 0 Å². The molecule has 0 heterocycles. The van der Waals surface area contributed by atoms with E-state index in [4.69, 9.17) is 4.74 Å². The molecule has 148 valence electrons. The Morgan fingerprint density at radius 1 is 0.926 bits per heavy atom. The summed E-state index contributed by atoms with van der Waals surface area (Å²) in [6.45, 7) is 5.88. The first-order valence-electron chi connectivity index (χ1n) is 8.41. The standard InChI is InChI=1S/C18H24N2O5S2/c1-5-25-16-8-12-17(13-9-16)26(21,22)19-15-6-10-18(11-7-15)27(23,24)20(4)14(2)3/h6-14,19H,5H2,1-4H3. The first-order chi connectivity index (χ1) is 12.6. The summed E-state index contributed by atoms with van der Waals surface area (Å²) in [5, 5.41) is 0. The Bertz CT molecular complexity index is 967. The molecular formula is C18H24N2O5S2. The van der Waals surface area contributed by atoms with E-state index in [2.05, 4.69) is 4.72 Å². The summed E-state index contributed by atoms with van der Waals surface area (Å²) in [6, 6.07) is 11.5. The molecule has 2 aromatic rings. The van der Waals surface area contributed by atoms with E-state index in [0.717, 1.165) is 0 Å². The molecule has 27 heavy (non-hydrogen) atoms. The average molecular weight is 413 g/mol. The predicted molar refractivity (Wildman–Crippen MR) is 105 cm³/mol. The highest BCUT2D eigenvalue weighted by Gasteiger charge is 2.23. The summed E-state index contributed by atoms with van der Waals surface area (Å²) in [5.41, 5.74) is 0.273. The minimum Gasteiger partial charge on any atom is -0.494 e. The Hall–Kier alpha value is -2.10. The summed E-state index contributed by atoms with van der Waals surface area (Å²) >= 11 is 0. The van der Waals surface area contributed by atoms with E-state index in [1.165, 1.54) is 47.8 Å². The van der Waals surface area contributed by atoms with Crippen molar-refractivity contribution in [2.45, 2.75) is 36.6 Å². The highest BCUT2D eigenvalue weighted by Crippen LogP contribution is 2.22. The van der Waals surface area contributed by atoms with Crippen LogP contribution in [0.1, 0.15) is 20.8 Å². The van der Waals surface area contributed by atoms with Gasteiger partial charge in [-0.2, -0.15) is 4.31 Å². The molecule has 2 rings (SSSR count). The maximum atomic E-state index is 12.5. The van der Waals surface area contributed by atoms with Crippen LogP contribution in [0.4, 0.5) is 5.69 Å². The number of sulfonamides is 2. The number of benzene rings is 2. The van der Waals surface area contributed by atoms with Crippen molar-refractivity contribution in [2.75, 3.05) is 18.4 Å². The summed E-state index contributed by atoms with van der Waals surface area (Å²) < 4.78 is 58.8. The molecule has 2 aromatic carbocycles. The third kappa shape index (κ3) is 5.00. The van der Waals surface area contributed by atoms with Gasteiger partial charge in [0.1, 0.15) is 5.75 Å². The van der Waals surface area contributed by atoms with Crippen LogP contribution >= 0.6 is 0 Å². The van der Waals surface area contributed by atoms with Crippen LogP contribution in [0.2, 0.25) is 0 Å². The molecule has 0 bridgehead atoms. The summed E-state index contributed by atoms with van der Waals surface area (Å²) in [4.78, 5) is 0.185. The molecule has 0 aromatic heterocycles. The number of anilines is 1. The molecule has 0 spiro atoms. The van der Waals surface area contributed by atoms with E-state index in [9.17, 15) is 16.8 Å². The van der Waals surface area contributed by atoms with Crippen molar-refractivity contribution < 1.29 is 21.6 Å². The highest BCUT2D eigenvalue weighted by atomic mass is 32.2. The van der Waals surface area contributed by atoms with Gasteiger partial charge in [-0.1, -0.05) is 0 Å². The highest BCUT2D eigenvalue weighted by molar-refractivity contribution is 7.92. The lowest BCUT2D eigenvalue weighted by atomic mass is 10.3. The Balaban J connectivity index is 2.20. The third-order valence-corrected chi connectivity index (χ3v) is 7.40. The first kappa shape index (κ1) is 21.2. The fourth-order valence-electron chi connectivity index (χ4n) is 2.23. The van der Waals surface area contributed by atoms with Crippen molar-refractivity contribution in [3.8, 4) is 5.75 Å². The zero-order chi connectivity index (χ0) is 20.2. The van der Waals surface area contributed by atoms with Gasteiger partial charge in [-0.25, -0.2) is 16.8 Å². The molecule has 0 atom stereocenters. The van der Waals surface area contributed by atoms with E-state index < -0.39 is 20.0 Å². The van der Waals surface area contributed by atoms with Crippen molar-refractivity contribution in [3.05, 3.63) is 48.5 Å². The lowest BCUT2D eigenvalue weighted by molar-refractivity contribution is 0.340. The first-order valence-corrected chi connectivity index (χ1v) is 11.3. The van der Waals surface area contributed by atoms with E-state index in [1.54, 1.807) is 26.0 Å². The number of ether oxygens (including phenoxy) is 1. The normalized spacial score (nSPS) is 12.4. The molecule has 7 nitrogen and oxygen atoms in total. The lowest BCUT2D eigenvalue weighted by Crippen LogP contribution is -2.33. The topological polar surface area (TPSA) is 92.8 Å². The smallest absolute Gasteiger partial charge is 0.261 e. The number of nitrogens with one attached hydrogen (secondary N) is 1. The van der Waals surface area contributed by atoms with Crippen LogP contribution in [-0.4, -0.2) is 40.8 Å². The largest absolute Gasteiger partial charge is 0.494 e. The van der Waals surface area contributed by atoms with Gasteiger partial charge in [0.05, 0.1) is 16.4 Å². The van der Waals surface area contributed by atoms with Crippen LogP contribution < -0.4 is 9.46 Å². The fraction of sp³-hybridized carbons (Fsp3) is 0.333. The minimum absolute atomic E-state index is 0.0854. The maximum Gasteiger partial charge on any atom is 0.261 e. The van der Waals surface area contributed by atoms with E-state index >= 15 is 0 Å². The molecule has 0 radical (unpaired) electrons. The molecule has 1 N–H and O–H groups in total. The third-order valence-electron chi connectivity index (χ3n) is 3.96. The van der Waals surface area contributed by atoms with Crippen molar-refractivity contribution in [3.63, 3.8) is 0 Å². The van der Waals surface area contributed by atoms with E-state index in [1.807, 2.05) is 6.92 Å². The molecule has 0 unspecified atom stereocenters. The zero-order valence-corrected chi connectivity index (χ0v) is 17.3. The molecule has 0 saturated heterocycles. The Labute approximate surface area is 161 Å². The van der Waals surface area contributed by atoms with Gasteiger partial charge in [-0.15, -0.1) is 0 Å². The van der Waals surface area contributed by atoms with Gasteiger partial charge in [0.15, 0.2) is 0 Å². The Kier molecular flexibility index (Phi) is 6.50. The van der Waals surface area contributed by atoms with Gasteiger partial charge in [0, 0.05) is 18.8 Å². The molecule has 0 aliphatic rings. The average Bonchev–Trinajstić information content (AvgIpc) is 2.62. The molecule has 0 aliphatic carbocycles. The molecule has 0 fully saturated rings. The molecule has 0 aliphatic heterocycles. The second-order valence-electron chi connectivity index (χ2n) is 6.15. The lowest BCUT2D eigenvalue weighted by Gasteiger charge is -2.21. The Morgan fingerprint density at radius 2 is 1.44 bits per heavy atom. The summed E-state index contributed by atoms with van der Waals surface area (Å²) in [6.07, 6.45) is 0. The fourth-order valence-corrected chi connectivity index (χ4v) is 4.66. The van der Waals surface area contributed by atoms with Crippen molar-refractivity contribution in [1.29, 1.82) is 0 Å². The maximum absolute atomic E-state index is 12.5. The Morgan fingerprint density at radius 3 is 1.93 bits per heavy atom. The number of rotatable bonds is 8. The van der Waals surface area contributed by atoms with Crippen LogP contribution in [0.15, 0.2) is 58.3 Å². The van der Waals surface area contributed by atoms with Gasteiger partial charge in [0.25, 0.3) is 10.0 Å². The number of hydrogen-bond acceptors (Lipinski definition) is 5. The van der Waals surface area contributed by atoms with Crippen LogP contribution in [0.25, 0.3) is 0 Å². The predicted octanol–water partition coefficient (Wildman–Crippen LogP) is 2.92. The van der Waals surface area contributed by atoms with Gasteiger partial charge in [0.2, 0.25) is 10.0 Å². The van der Waals surface area contributed by atoms with Gasteiger partial charge in [-0.3, -0.25) is 4.72 Å². The second kappa shape index (κ2) is 8.28. The molecular weight excluding hydrogens is 388 g/mol. The number of hydrogen-bond donors (Lipinski definition) is 1. The van der Waals surface area contributed by atoms with Crippen molar-refractivity contribution in [2.24, 2.45) is 0 Å². The van der Waals surface area contributed by atoms with E-state index in [-0.39, 0.29) is 21.5 Å².